The Morgan fingerprint density at radius 3 is 1.67 bits per heavy atom. The van der Waals surface area contributed by atoms with Crippen molar-refractivity contribution in [3.05, 3.63) is 182 Å². The summed E-state index contributed by atoms with van der Waals surface area (Å²) in [5.41, 5.74) is 10.00. The van der Waals surface area contributed by atoms with Gasteiger partial charge in [0, 0.05) is 20.2 Å². The monoisotopic (exact) mass is 638 g/mol. The SMILES string of the molecule is c1ccc(-c2ccc(-c3c4ccccc4c(-c4cccc5ccccc45)c4cccc(-c5ccc6sc7ccccc7c6c5)c34)cc2)cc1. The van der Waals surface area contributed by atoms with Crippen molar-refractivity contribution >= 4 is 63.8 Å². The fraction of sp³-hybridized carbons (Fsp3) is 0. The Hall–Kier alpha value is -6.02. The maximum Gasteiger partial charge on any atom is 0.0355 e. The molecule has 0 atom stereocenters. The summed E-state index contributed by atoms with van der Waals surface area (Å²) in [6, 6.07) is 67.1. The summed E-state index contributed by atoms with van der Waals surface area (Å²) in [7, 11) is 0. The van der Waals surface area contributed by atoms with Crippen molar-refractivity contribution in [3.8, 4) is 44.5 Å². The van der Waals surface area contributed by atoms with E-state index in [-0.39, 0.29) is 0 Å². The lowest BCUT2D eigenvalue weighted by atomic mass is 9.82. The van der Waals surface area contributed by atoms with Gasteiger partial charge in [0.05, 0.1) is 0 Å². The lowest BCUT2D eigenvalue weighted by Gasteiger charge is -2.21. The van der Waals surface area contributed by atoms with Gasteiger partial charge in [0.25, 0.3) is 0 Å². The smallest absolute Gasteiger partial charge is 0.0355 e. The number of benzene rings is 9. The van der Waals surface area contributed by atoms with E-state index in [1.807, 2.05) is 11.3 Å². The van der Waals surface area contributed by atoms with E-state index in [9.17, 15) is 0 Å². The van der Waals surface area contributed by atoms with Gasteiger partial charge in [-0.3, -0.25) is 0 Å². The van der Waals surface area contributed by atoms with E-state index < -0.39 is 0 Å². The molecule has 1 heteroatoms. The Labute approximate surface area is 289 Å². The Bertz CT molecular complexity index is 2850. The van der Waals surface area contributed by atoms with Gasteiger partial charge in [0.1, 0.15) is 0 Å². The van der Waals surface area contributed by atoms with E-state index in [2.05, 4.69) is 182 Å². The van der Waals surface area contributed by atoms with Crippen molar-refractivity contribution in [3.63, 3.8) is 0 Å². The molecule has 1 heterocycles. The molecule has 1 aromatic heterocycles. The van der Waals surface area contributed by atoms with Crippen LogP contribution in [0.25, 0.3) is 97.0 Å². The van der Waals surface area contributed by atoms with E-state index in [1.54, 1.807) is 0 Å². The highest BCUT2D eigenvalue weighted by atomic mass is 32.1. The molecule has 10 aromatic rings. The van der Waals surface area contributed by atoms with Crippen molar-refractivity contribution in [1.29, 1.82) is 0 Å². The third kappa shape index (κ3) is 4.51. The molecule has 49 heavy (non-hydrogen) atoms. The van der Waals surface area contributed by atoms with Gasteiger partial charge < -0.3 is 0 Å². The first kappa shape index (κ1) is 28.0. The van der Waals surface area contributed by atoms with Crippen LogP contribution in [0.1, 0.15) is 0 Å². The first-order valence-corrected chi connectivity index (χ1v) is 17.7. The number of thiophene rings is 1. The number of fused-ring (bicyclic) bond motifs is 6. The van der Waals surface area contributed by atoms with Gasteiger partial charge in [-0.1, -0.05) is 164 Å². The molecular formula is C48H30S. The molecule has 0 fully saturated rings. The predicted octanol–water partition coefficient (Wildman–Crippen LogP) is 14.2. The second kappa shape index (κ2) is 11.3. The highest BCUT2D eigenvalue weighted by Crippen LogP contribution is 2.49. The summed E-state index contributed by atoms with van der Waals surface area (Å²) in [5, 5.41) is 10.3. The van der Waals surface area contributed by atoms with E-state index in [0.717, 1.165) is 0 Å². The molecule has 0 saturated carbocycles. The van der Waals surface area contributed by atoms with Crippen LogP contribution in [0.3, 0.4) is 0 Å². The summed E-state index contributed by atoms with van der Waals surface area (Å²) in [6.45, 7) is 0. The van der Waals surface area contributed by atoms with Crippen molar-refractivity contribution in [2.45, 2.75) is 0 Å². The van der Waals surface area contributed by atoms with Crippen LogP contribution in [0.5, 0.6) is 0 Å². The van der Waals surface area contributed by atoms with Crippen LogP contribution in [0.2, 0.25) is 0 Å². The van der Waals surface area contributed by atoms with Crippen LogP contribution in [0.15, 0.2) is 182 Å². The molecule has 10 rings (SSSR count). The molecule has 0 aliphatic carbocycles. The van der Waals surface area contributed by atoms with Crippen molar-refractivity contribution < 1.29 is 0 Å². The van der Waals surface area contributed by atoms with Gasteiger partial charge >= 0.3 is 0 Å². The number of hydrogen-bond donors (Lipinski definition) is 0. The molecule has 0 aliphatic heterocycles. The van der Waals surface area contributed by atoms with E-state index in [1.165, 1.54) is 97.0 Å². The molecule has 0 bridgehead atoms. The minimum Gasteiger partial charge on any atom is -0.135 e. The summed E-state index contributed by atoms with van der Waals surface area (Å²) < 4.78 is 2.65. The molecule has 0 aliphatic rings. The highest BCUT2D eigenvalue weighted by Gasteiger charge is 2.21. The molecule has 0 unspecified atom stereocenters. The predicted molar refractivity (Wildman–Crippen MR) is 214 cm³/mol. The summed E-state index contributed by atoms with van der Waals surface area (Å²) in [6.07, 6.45) is 0. The Morgan fingerprint density at radius 2 is 0.837 bits per heavy atom. The summed E-state index contributed by atoms with van der Waals surface area (Å²) in [4.78, 5) is 0. The minimum absolute atomic E-state index is 1.22. The Morgan fingerprint density at radius 1 is 0.286 bits per heavy atom. The van der Waals surface area contributed by atoms with Crippen LogP contribution in [-0.2, 0) is 0 Å². The van der Waals surface area contributed by atoms with Crippen LogP contribution >= 0.6 is 11.3 Å². The van der Waals surface area contributed by atoms with Gasteiger partial charge in [-0.05, 0) is 95.0 Å². The Balaban J connectivity index is 1.33. The molecule has 0 spiro atoms. The molecule has 9 aromatic carbocycles. The van der Waals surface area contributed by atoms with Crippen LogP contribution < -0.4 is 0 Å². The van der Waals surface area contributed by atoms with Gasteiger partial charge in [-0.2, -0.15) is 0 Å². The molecule has 0 nitrogen and oxygen atoms in total. The zero-order valence-electron chi connectivity index (χ0n) is 26.7. The second-order valence-corrected chi connectivity index (χ2v) is 13.9. The second-order valence-electron chi connectivity index (χ2n) is 12.8. The van der Waals surface area contributed by atoms with E-state index in [0.29, 0.717) is 0 Å². The van der Waals surface area contributed by atoms with Crippen molar-refractivity contribution in [2.75, 3.05) is 0 Å². The normalized spacial score (nSPS) is 11.7. The first-order valence-electron chi connectivity index (χ1n) is 16.8. The quantitative estimate of drug-likeness (QED) is 0.168. The average molecular weight is 639 g/mol. The minimum atomic E-state index is 1.22. The van der Waals surface area contributed by atoms with Gasteiger partial charge in [-0.25, -0.2) is 0 Å². The van der Waals surface area contributed by atoms with Gasteiger partial charge in [0.2, 0.25) is 0 Å². The third-order valence-corrected chi connectivity index (χ3v) is 11.2. The molecule has 0 saturated heterocycles. The molecular weight excluding hydrogens is 609 g/mol. The lowest BCUT2D eigenvalue weighted by Crippen LogP contribution is -1.94. The van der Waals surface area contributed by atoms with Crippen molar-refractivity contribution in [2.24, 2.45) is 0 Å². The van der Waals surface area contributed by atoms with Crippen LogP contribution in [0, 0.1) is 0 Å². The molecule has 0 amide bonds. The largest absolute Gasteiger partial charge is 0.135 e. The van der Waals surface area contributed by atoms with E-state index >= 15 is 0 Å². The standard InChI is InChI=1S/C48H30S/c1-2-12-31(13-3-1)32-24-26-34(27-25-32)46-40-18-6-7-19-41(40)47(39-21-10-15-33-14-4-5-16-36(33)39)42-22-11-20-37(48(42)46)35-28-29-45-43(30-35)38-17-8-9-23-44(38)49-45/h1-30H. The molecule has 228 valence electrons. The highest BCUT2D eigenvalue weighted by molar-refractivity contribution is 7.25. The van der Waals surface area contributed by atoms with E-state index in [4.69, 9.17) is 0 Å². The zero-order valence-corrected chi connectivity index (χ0v) is 27.5. The zero-order chi connectivity index (χ0) is 32.3. The lowest BCUT2D eigenvalue weighted by molar-refractivity contribution is 1.61. The fourth-order valence-electron chi connectivity index (χ4n) is 7.86. The summed E-state index contributed by atoms with van der Waals surface area (Å²) >= 11 is 1.87. The average Bonchev–Trinajstić information content (AvgIpc) is 3.55. The number of rotatable bonds is 4. The van der Waals surface area contributed by atoms with Crippen LogP contribution in [-0.4, -0.2) is 0 Å². The molecule has 0 radical (unpaired) electrons. The third-order valence-electron chi connectivity index (χ3n) is 10.1. The maximum absolute atomic E-state index is 2.41. The molecule has 0 N–H and O–H groups in total. The maximum atomic E-state index is 2.41. The van der Waals surface area contributed by atoms with Gasteiger partial charge in [0.15, 0.2) is 0 Å². The van der Waals surface area contributed by atoms with Crippen molar-refractivity contribution in [1.82, 2.24) is 0 Å². The first-order chi connectivity index (χ1) is 24.3. The topological polar surface area (TPSA) is 0 Å². The van der Waals surface area contributed by atoms with Crippen LogP contribution in [0.4, 0.5) is 0 Å². The number of hydrogen-bond acceptors (Lipinski definition) is 1. The Kier molecular flexibility index (Phi) is 6.47. The fourth-order valence-corrected chi connectivity index (χ4v) is 8.94. The summed E-state index contributed by atoms with van der Waals surface area (Å²) in [5.74, 6) is 0. The van der Waals surface area contributed by atoms with Gasteiger partial charge in [-0.15, -0.1) is 11.3 Å².